The highest BCUT2D eigenvalue weighted by molar-refractivity contribution is 6.46. The second kappa shape index (κ2) is 10.1. The van der Waals surface area contributed by atoms with Crippen LogP contribution in [0.4, 0.5) is 0 Å². The molecule has 0 aromatic heterocycles. The number of halogens is 2. The highest BCUT2D eigenvalue weighted by Crippen LogP contribution is 2.42. The van der Waals surface area contributed by atoms with E-state index in [9.17, 15) is 14.7 Å². The zero-order valence-electron chi connectivity index (χ0n) is 18.8. The van der Waals surface area contributed by atoms with Gasteiger partial charge < -0.3 is 24.2 Å². The molecule has 2 aromatic carbocycles. The molecule has 8 nitrogen and oxygen atoms in total. The Labute approximate surface area is 212 Å². The molecule has 1 atom stereocenters. The largest absolute Gasteiger partial charge is 0.507 e. The van der Waals surface area contributed by atoms with Gasteiger partial charge in [-0.1, -0.05) is 29.3 Å². The van der Waals surface area contributed by atoms with E-state index in [0.717, 1.165) is 19.6 Å². The zero-order valence-corrected chi connectivity index (χ0v) is 20.3. The number of fused-ring (bicyclic) bond motifs is 1. The molecule has 2 aromatic rings. The number of ether oxygens (including phenoxy) is 3. The number of amides is 1. The second-order valence-electron chi connectivity index (χ2n) is 8.54. The molecular weight excluding hydrogens is 495 g/mol. The summed E-state index contributed by atoms with van der Waals surface area (Å²) < 4.78 is 16.1. The van der Waals surface area contributed by atoms with Crippen molar-refractivity contribution in [3.63, 3.8) is 0 Å². The van der Waals surface area contributed by atoms with E-state index in [-0.39, 0.29) is 18.1 Å². The van der Waals surface area contributed by atoms with Gasteiger partial charge in [-0.2, -0.15) is 0 Å². The number of benzene rings is 2. The molecule has 2 fully saturated rings. The minimum Gasteiger partial charge on any atom is -0.507 e. The van der Waals surface area contributed by atoms with Gasteiger partial charge in [0.15, 0.2) is 11.5 Å². The van der Waals surface area contributed by atoms with Gasteiger partial charge in [0.05, 0.1) is 34.9 Å². The van der Waals surface area contributed by atoms with Crippen molar-refractivity contribution >= 4 is 40.7 Å². The number of nitrogens with zero attached hydrogens (tertiary/aromatic N) is 2. The van der Waals surface area contributed by atoms with Crippen molar-refractivity contribution in [3.05, 3.63) is 63.1 Å². The number of aliphatic hydroxyl groups is 1. The molecule has 1 unspecified atom stereocenters. The summed E-state index contributed by atoms with van der Waals surface area (Å²) in [5.41, 5.74) is 0.941. The Kier molecular flexibility index (Phi) is 6.88. The van der Waals surface area contributed by atoms with Crippen LogP contribution in [0.15, 0.2) is 42.0 Å². The molecule has 0 spiro atoms. The lowest BCUT2D eigenvalue weighted by atomic mass is 9.95. The molecule has 0 bridgehead atoms. The van der Waals surface area contributed by atoms with Crippen molar-refractivity contribution in [2.24, 2.45) is 0 Å². The van der Waals surface area contributed by atoms with Gasteiger partial charge in [-0.15, -0.1) is 0 Å². The summed E-state index contributed by atoms with van der Waals surface area (Å²) in [6.07, 6.45) is 0.662. The Balaban J connectivity index is 1.50. The molecule has 0 aliphatic carbocycles. The lowest BCUT2D eigenvalue weighted by Gasteiger charge is -2.29. The van der Waals surface area contributed by atoms with Crippen LogP contribution in [0.3, 0.4) is 0 Å². The van der Waals surface area contributed by atoms with Gasteiger partial charge in [0.2, 0.25) is 6.79 Å². The predicted molar refractivity (Wildman–Crippen MR) is 130 cm³/mol. The first-order valence-corrected chi connectivity index (χ1v) is 12.1. The van der Waals surface area contributed by atoms with E-state index in [1.807, 2.05) is 0 Å². The Morgan fingerprint density at radius 1 is 0.971 bits per heavy atom. The summed E-state index contributed by atoms with van der Waals surface area (Å²) in [5.74, 6) is -0.688. The lowest BCUT2D eigenvalue weighted by molar-refractivity contribution is -0.140. The monoisotopic (exact) mass is 518 g/mol. The number of Topliss-reactive ketones (excluding diaryl/α,β-unsaturated/α-hetero) is 1. The van der Waals surface area contributed by atoms with Crippen molar-refractivity contribution in [1.82, 2.24) is 9.80 Å². The summed E-state index contributed by atoms with van der Waals surface area (Å²) in [6, 6.07) is 9.03. The van der Waals surface area contributed by atoms with Crippen molar-refractivity contribution in [1.29, 1.82) is 0 Å². The maximum atomic E-state index is 13.2. The third-order valence-electron chi connectivity index (χ3n) is 6.42. The standard InChI is InChI=1S/C25H24Cl2N2O6/c26-17-4-2-15(12-18(17)27)22-21(23(30)16-3-5-19-20(13-16)35-14-34-19)24(31)25(32)29(22)7-1-6-28-8-10-33-11-9-28/h2-5,12-13,22,30H,1,6-11,14H2/b23-21+. The smallest absolute Gasteiger partial charge is 0.295 e. The van der Waals surface area contributed by atoms with Crippen molar-refractivity contribution in [2.75, 3.05) is 46.2 Å². The second-order valence-corrected chi connectivity index (χ2v) is 9.36. The molecule has 5 rings (SSSR count). The van der Waals surface area contributed by atoms with Crippen molar-refractivity contribution in [2.45, 2.75) is 12.5 Å². The maximum Gasteiger partial charge on any atom is 0.295 e. The number of rotatable bonds is 6. The average Bonchev–Trinajstić information content (AvgIpc) is 3.44. The van der Waals surface area contributed by atoms with Gasteiger partial charge in [-0.25, -0.2) is 0 Å². The van der Waals surface area contributed by atoms with Crippen LogP contribution in [0.5, 0.6) is 11.5 Å². The Morgan fingerprint density at radius 2 is 1.74 bits per heavy atom. The highest BCUT2D eigenvalue weighted by atomic mass is 35.5. The number of aliphatic hydroxyl groups excluding tert-OH is 1. The lowest BCUT2D eigenvalue weighted by Crippen LogP contribution is -2.38. The number of likely N-dealkylation sites (tertiary alicyclic amines) is 1. The third-order valence-corrected chi connectivity index (χ3v) is 7.16. The van der Waals surface area contributed by atoms with Crippen molar-refractivity contribution in [3.8, 4) is 11.5 Å². The molecule has 1 N–H and O–H groups in total. The molecular formula is C25H24Cl2N2O6. The SMILES string of the molecule is O=C1C(=O)N(CCCN2CCOCC2)C(c2ccc(Cl)c(Cl)c2)/C1=C(\O)c1ccc2c(c1)OCO2. The minimum absolute atomic E-state index is 0.00127. The molecule has 0 saturated carbocycles. The summed E-state index contributed by atoms with van der Waals surface area (Å²) in [6.45, 7) is 4.22. The van der Waals surface area contributed by atoms with Gasteiger partial charge in [0.25, 0.3) is 11.7 Å². The number of hydrogen-bond acceptors (Lipinski definition) is 7. The van der Waals surface area contributed by atoms with Crippen LogP contribution in [-0.4, -0.2) is 72.8 Å². The molecule has 35 heavy (non-hydrogen) atoms. The van der Waals surface area contributed by atoms with E-state index in [1.165, 1.54) is 4.90 Å². The molecule has 10 heteroatoms. The fourth-order valence-corrected chi connectivity index (χ4v) is 4.93. The van der Waals surface area contributed by atoms with Crippen LogP contribution in [0.2, 0.25) is 10.0 Å². The number of carbonyl (C=O) groups excluding carboxylic acids is 2. The summed E-state index contributed by atoms with van der Waals surface area (Å²) in [4.78, 5) is 30.1. The van der Waals surface area contributed by atoms with Gasteiger partial charge in [0, 0.05) is 31.7 Å². The van der Waals surface area contributed by atoms with Crippen LogP contribution in [0, 0.1) is 0 Å². The van der Waals surface area contributed by atoms with Crippen LogP contribution in [-0.2, 0) is 14.3 Å². The quantitative estimate of drug-likeness (QED) is 0.352. The molecule has 3 aliphatic heterocycles. The fourth-order valence-electron chi connectivity index (χ4n) is 4.63. The molecule has 3 aliphatic rings. The number of carbonyl (C=O) groups is 2. The van der Waals surface area contributed by atoms with Gasteiger partial charge in [-0.3, -0.25) is 14.5 Å². The first-order valence-electron chi connectivity index (χ1n) is 11.4. The van der Waals surface area contributed by atoms with Crippen molar-refractivity contribution < 1.29 is 28.9 Å². The van der Waals surface area contributed by atoms with E-state index >= 15 is 0 Å². The number of ketones is 1. The third kappa shape index (κ3) is 4.71. The number of morpholine rings is 1. The Morgan fingerprint density at radius 3 is 2.51 bits per heavy atom. The summed E-state index contributed by atoms with van der Waals surface area (Å²) >= 11 is 12.4. The molecule has 3 heterocycles. The Bertz CT molecular complexity index is 1190. The minimum atomic E-state index is -0.806. The van der Waals surface area contributed by atoms with E-state index in [4.69, 9.17) is 37.4 Å². The molecule has 1 amide bonds. The van der Waals surface area contributed by atoms with Crippen LogP contribution < -0.4 is 9.47 Å². The Hall–Kier alpha value is -2.78. The normalized spacial score (nSPS) is 21.7. The first kappa shape index (κ1) is 23.9. The van der Waals surface area contributed by atoms with Gasteiger partial charge >= 0.3 is 0 Å². The van der Waals surface area contributed by atoms with Crippen LogP contribution >= 0.6 is 23.2 Å². The van der Waals surface area contributed by atoms with E-state index < -0.39 is 17.7 Å². The van der Waals surface area contributed by atoms with E-state index in [0.29, 0.717) is 58.9 Å². The van der Waals surface area contributed by atoms with E-state index in [2.05, 4.69) is 4.90 Å². The molecule has 2 saturated heterocycles. The van der Waals surface area contributed by atoms with Crippen LogP contribution in [0.1, 0.15) is 23.6 Å². The first-order chi connectivity index (χ1) is 16.9. The molecule has 184 valence electrons. The predicted octanol–water partition coefficient (Wildman–Crippen LogP) is 3.87. The zero-order chi connectivity index (χ0) is 24.5. The summed E-state index contributed by atoms with van der Waals surface area (Å²) in [7, 11) is 0. The van der Waals surface area contributed by atoms with Gasteiger partial charge in [-0.05, 0) is 42.3 Å². The average molecular weight is 519 g/mol. The summed E-state index contributed by atoms with van der Waals surface area (Å²) in [5, 5.41) is 11.9. The topological polar surface area (TPSA) is 88.5 Å². The fraction of sp³-hybridized carbons (Fsp3) is 0.360. The van der Waals surface area contributed by atoms with E-state index in [1.54, 1.807) is 36.4 Å². The van der Waals surface area contributed by atoms with Crippen LogP contribution in [0.25, 0.3) is 5.76 Å². The highest BCUT2D eigenvalue weighted by Gasteiger charge is 2.46. The maximum absolute atomic E-state index is 13.2. The van der Waals surface area contributed by atoms with Gasteiger partial charge in [0.1, 0.15) is 5.76 Å². The number of hydrogen-bond donors (Lipinski definition) is 1. The molecule has 0 radical (unpaired) electrons.